The van der Waals surface area contributed by atoms with Crippen molar-refractivity contribution < 1.29 is 4.79 Å². The Morgan fingerprint density at radius 3 is 2.33 bits per heavy atom. The van der Waals surface area contributed by atoms with Crippen LogP contribution < -0.4 is 0 Å². The maximum absolute atomic E-state index is 11.7. The van der Waals surface area contributed by atoms with Crippen LogP contribution >= 0.6 is 22.7 Å². The van der Waals surface area contributed by atoms with E-state index in [0.717, 1.165) is 26.7 Å². The fourth-order valence-electron chi connectivity index (χ4n) is 1.91. The number of thiophene rings is 2. The molecule has 3 heterocycles. The van der Waals surface area contributed by atoms with Crippen LogP contribution in [0.15, 0.2) is 41.1 Å². The van der Waals surface area contributed by atoms with Gasteiger partial charge < -0.3 is 4.98 Å². The molecule has 0 unspecified atom stereocenters. The van der Waals surface area contributed by atoms with Gasteiger partial charge in [-0.1, -0.05) is 12.1 Å². The predicted octanol–water partition coefficient (Wildman–Crippen LogP) is 4.67. The van der Waals surface area contributed by atoms with E-state index in [9.17, 15) is 4.79 Å². The second-order valence-electron chi connectivity index (χ2n) is 3.98. The molecule has 0 aliphatic carbocycles. The molecule has 0 saturated carbocycles. The third-order valence-electron chi connectivity index (χ3n) is 2.75. The number of aromatic amines is 1. The summed E-state index contributed by atoms with van der Waals surface area (Å²) >= 11 is 3.31. The van der Waals surface area contributed by atoms with Crippen LogP contribution in [-0.4, -0.2) is 10.8 Å². The van der Waals surface area contributed by atoms with Crippen molar-refractivity contribution in [1.29, 1.82) is 0 Å². The monoisotopic (exact) mass is 273 g/mol. The third-order valence-corrected chi connectivity index (χ3v) is 4.54. The van der Waals surface area contributed by atoms with E-state index in [4.69, 9.17) is 0 Å². The first-order valence-electron chi connectivity index (χ1n) is 5.57. The molecule has 0 saturated heterocycles. The Kier molecular flexibility index (Phi) is 2.89. The Morgan fingerprint density at radius 1 is 1.11 bits per heavy atom. The van der Waals surface area contributed by atoms with Gasteiger partial charge in [0.05, 0.1) is 21.1 Å². The zero-order chi connectivity index (χ0) is 12.5. The van der Waals surface area contributed by atoms with Crippen molar-refractivity contribution in [3.63, 3.8) is 0 Å². The molecule has 3 aromatic heterocycles. The van der Waals surface area contributed by atoms with Gasteiger partial charge in [-0.15, -0.1) is 22.7 Å². The van der Waals surface area contributed by atoms with Gasteiger partial charge >= 0.3 is 0 Å². The van der Waals surface area contributed by atoms with E-state index in [0.29, 0.717) is 0 Å². The molecule has 0 aromatic carbocycles. The summed E-state index contributed by atoms with van der Waals surface area (Å²) in [6.07, 6.45) is 0. The summed E-state index contributed by atoms with van der Waals surface area (Å²) in [5, 5.41) is 4.05. The van der Waals surface area contributed by atoms with Crippen molar-refractivity contribution in [2.45, 2.75) is 6.92 Å². The van der Waals surface area contributed by atoms with Crippen molar-refractivity contribution in [1.82, 2.24) is 4.98 Å². The largest absolute Gasteiger partial charge is 0.353 e. The minimum absolute atomic E-state index is 0.0949. The molecule has 0 atom stereocenters. The highest BCUT2D eigenvalue weighted by atomic mass is 32.1. The van der Waals surface area contributed by atoms with Crippen LogP contribution in [0.3, 0.4) is 0 Å². The van der Waals surface area contributed by atoms with Crippen molar-refractivity contribution in [3.05, 3.63) is 46.7 Å². The summed E-state index contributed by atoms with van der Waals surface area (Å²) in [7, 11) is 0. The molecule has 2 nitrogen and oxygen atoms in total. The standard InChI is InChI=1S/C14H11NOS2/c1-9(16)10-8-11(12-4-2-6-17-12)15-14(10)13-5-3-7-18-13/h2-8,15H,1H3. The molecule has 3 aromatic rings. The molecule has 0 fully saturated rings. The van der Waals surface area contributed by atoms with Gasteiger partial charge in [0.15, 0.2) is 5.78 Å². The number of nitrogens with one attached hydrogen (secondary N) is 1. The number of hydrogen-bond acceptors (Lipinski definition) is 3. The Morgan fingerprint density at radius 2 is 1.78 bits per heavy atom. The molecule has 1 N–H and O–H groups in total. The van der Waals surface area contributed by atoms with Gasteiger partial charge in [-0.3, -0.25) is 4.79 Å². The van der Waals surface area contributed by atoms with E-state index >= 15 is 0 Å². The van der Waals surface area contributed by atoms with Gasteiger partial charge in [-0.05, 0) is 35.9 Å². The zero-order valence-corrected chi connectivity index (χ0v) is 11.4. The first-order valence-corrected chi connectivity index (χ1v) is 7.33. The normalized spacial score (nSPS) is 10.7. The van der Waals surface area contributed by atoms with Crippen molar-refractivity contribution in [3.8, 4) is 21.1 Å². The highest BCUT2D eigenvalue weighted by molar-refractivity contribution is 7.14. The maximum atomic E-state index is 11.7. The molecule has 3 rings (SSSR count). The van der Waals surface area contributed by atoms with Crippen LogP contribution in [0.2, 0.25) is 0 Å². The lowest BCUT2D eigenvalue weighted by Gasteiger charge is -1.96. The van der Waals surface area contributed by atoms with E-state index < -0.39 is 0 Å². The molecule has 0 amide bonds. The van der Waals surface area contributed by atoms with Crippen molar-refractivity contribution in [2.24, 2.45) is 0 Å². The number of rotatable bonds is 3. The van der Waals surface area contributed by atoms with Gasteiger partial charge in [0.25, 0.3) is 0 Å². The molecule has 0 aliphatic rings. The van der Waals surface area contributed by atoms with Gasteiger partial charge in [-0.25, -0.2) is 0 Å². The third kappa shape index (κ3) is 1.94. The van der Waals surface area contributed by atoms with E-state index in [1.165, 1.54) is 0 Å². The number of aromatic nitrogens is 1. The van der Waals surface area contributed by atoms with E-state index in [1.54, 1.807) is 29.6 Å². The zero-order valence-electron chi connectivity index (χ0n) is 9.77. The summed E-state index contributed by atoms with van der Waals surface area (Å²) in [6.45, 7) is 1.61. The lowest BCUT2D eigenvalue weighted by atomic mass is 10.1. The fourth-order valence-corrected chi connectivity index (χ4v) is 3.35. The van der Waals surface area contributed by atoms with Crippen LogP contribution in [-0.2, 0) is 0 Å². The topological polar surface area (TPSA) is 32.9 Å². The summed E-state index contributed by atoms with van der Waals surface area (Å²) in [4.78, 5) is 17.4. The average Bonchev–Trinajstić information content (AvgIpc) is 3.10. The first kappa shape index (κ1) is 11.4. The number of carbonyl (C=O) groups is 1. The highest BCUT2D eigenvalue weighted by Gasteiger charge is 2.15. The molecule has 0 radical (unpaired) electrons. The Labute approximate surface area is 113 Å². The van der Waals surface area contributed by atoms with E-state index in [2.05, 4.69) is 11.1 Å². The van der Waals surface area contributed by atoms with Crippen LogP contribution in [0.4, 0.5) is 0 Å². The van der Waals surface area contributed by atoms with Crippen molar-refractivity contribution in [2.75, 3.05) is 0 Å². The van der Waals surface area contributed by atoms with Crippen LogP contribution in [0.5, 0.6) is 0 Å². The minimum atomic E-state index is 0.0949. The van der Waals surface area contributed by atoms with Gasteiger partial charge in [0.2, 0.25) is 0 Å². The molecule has 4 heteroatoms. The molecular formula is C14H11NOS2. The maximum Gasteiger partial charge on any atom is 0.162 e. The predicted molar refractivity (Wildman–Crippen MR) is 77.4 cm³/mol. The lowest BCUT2D eigenvalue weighted by Crippen LogP contribution is -1.91. The molecule has 0 aliphatic heterocycles. The summed E-state index contributed by atoms with van der Waals surface area (Å²) in [6, 6.07) is 10.0. The van der Waals surface area contributed by atoms with E-state index in [1.807, 2.05) is 35.0 Å². The smallest absolute Gasteiger partial charge is 0.162 e. The van der Waals surface area contributed by atoms with E-state index in [-0.39, 0.29) is 5.78 Å². The second-order valence-corrected chi connectivity index (χ2v) is 5.88. The number of ketones is 1. The average molecular weight is 273 g/mol. The minimum Gasteiger partial charge on any atom is -0.353 e. The van der Waals surface area contributed by atoms with Crippen LogP contribution in [0.1, 0.15) is 17.3 Å². The van der Waals surface area contributed by atoms with Gasteiger partial charge in [0, 0.05) is 5.56 Å². The molecular weight excluding hydrogens is 262 g/mol. The first-order chi connectivity index (χ1) is 8.75. The van der Waals surface area contributed by atoms with Crippen LogP contribution in [0, 0.1) is 0 Å². The fraction of sp³-hybridized carbons (Fsp3) is 0.0714. The number of H-pyrrole nitrogens is 1. The summed E-state index contributed by atoms with van der Waals surface area (Å²) < 4.78 is 0. The Balaban J connectivity index is 2.16. The number of carbonyl (C=O) groups excluding carboxylic acids is 1. The lowest BCUT2D eigenvalue weighted by molar-refractivity contribution is 0.101. The summed E-state index contributed by atoms with van der Waals surface area (Å²) in [5.74, 6) is 0.0949. The van der Waals surface area contributed by atoms with Crippen LogP contribution in [0.25, 0.3) is 21.1 Å². The Bertz CT molecular complexity index is 663. The van der Waals surface area contributed by atoms with Gasteiger partial charge in [0.1, 0.15) is 0 Å². The summed E-state index contributed by atoms with van der Waals surface area (Å²) in [5.41, 5.74) is 2.71. The SMILES string of the molecule is CC(=O)c1cc(-c2cccs2)[nH]c1-c1cccs1. The number of hydrogen-bond donors (Lipinski definition) is 1. The molecule has 0 bridgehead atoms. The Hall–Kier alpha value is -1.65. The quantitative estimate of drug-likeness (QED) is 0.691. The molecule has 0 spiro atoms. The molecule has 18 heavy (non-hydrogen) atoms. The van der Waals surface area contributed by atoms with Gasteiger partial charge in [-0.2, -0.15) is 0 Å². The highest BCUT2D eigenvalue weighted by Crippen LogP contribution is 2.33. The number of Topliss-reactive ketones (excluding diaryl/α,β-unsaturated/α-hetero) is 1. The second kappa shape index (κ2) is 4.55. The van der Waals surface area contributed by atoms with Crippen molar-refractivity contribution >= 4 is 28.5 Å². The molecule has 90 valence electrons.